The van der Waals surface area contributed by atoms with Crippen LogP contribution in [0.25, 0.3) is 0 Å². The summed E-state index contributed by atoms with van der Waals surface area (Å²) in [6, 6.07) is 6.41. The molecule has 1 saturated heterocycles. The molecule has 114 valence electrons. The summed E-state index contributed by atoms with van der Waals surface area (Å²) in [7, 11) is 0. The normalized spacial score (nSPS) is 28.6. The van der Waals surface area contributed by atoms with Crippen LogP contribution in [0, 0.1) is 11.8 Å². The summed E-state index contributed by atoms with van der Waals surface area (Å²) in [6.45, 7) is 1.46. The van der Waals surface area contributed by atoms with Crippen molar-refractivity contribution < 1.29 is 24.2 Å². The highest BCUT2D eigenvalue weighted by Crippen LogP contribution is 2.39. The van der Waals surface area contributed by atoms with Gasteiger partial charge in [0.25, 0.3) is 0 Å². The molecule has 0 aromatic heterocycles. The Kier molecular flexibility index (Phi) is 3.54. The standard InChI is InChI=1S/C16H15NO5/c1-8(18)9-2-4-10(5-3-9)17-15(19)13-11-6-7-12(22-11)14(13)16(20)21/h2-7,11-14H,1H3,(H,17,19)(H,20,21)/p-1/t11-,12+,13+,14-/m0/s1. The largest absolute Gasteiger partial charge is 0.550 e. The van der Waals surface area contributed by atoms with Crippen molar-refractivity contribution in [1.29, 1.82) is 0 Å². The van der Waals surface area contributed by atoms with Crippen molar-refractivity contribution in [3.8, 4) is 0 Å². The third kappa shape index (κ3) is 2.42. The predicted molar refractivity (Wildman–Crippen MR) is 74.9 cm³/mol. The molecule has 4 atom stereocenters. The summed E-state index contributed by atoms with van der Waals surface area (Å²) < 4.78 is 5.43. The number of carbonyl (C=O) groups is 3. The fourth-order valence-corrected chi connectivity index (χ4v) is 2.92. The van der Waals surface area contributed by atoms with Crippen LogP contribution in [-0.4, -0.2) is 29.9 Å². The summed E-state index contributed by atoms with van der Waals surface area (Å²) in [5.74, 6) is -3.58. The van der Waals surface area contributed by atoms with Gasteiger partial charge >= 0.3 is 0 Å². The van der Waals surface area contributed by atoms with Crippen molar-refractivity contribution in [2.75, 3.05) is 5.32 Å². The van der Waals surface area contributed by atoms with Gasteiger partial charge in [-0.1, -0.05) is 12.2 Å². The van der Waals surface area contributed by atoms with Crippen LogP contribution >= 0.6 is 0 Å². The van der Waals surface area contributed by atoms with Gasteiger partial charge < -0.3 is 20.0 Å². The van der Waals surface area contributed by atoms with Crippen molar-refractivity contribution in [3.05, 3.63) is 42.0 Å². The molecule has 3 rings (SSSR count). The molecule has 6 heteroatoms. The molecule has 0 spiro atoms. The summed E-state index contributed by atoms with van der Waals surface area (Å²) in [5, 5.41) is 13.9. The number of anilines is 1. The molecule has 1 fully saturated rings. The van der Waals surface area contributed by atoms with Crippen LogP contribution in [0.1, 0.15) is 17.3 Å². The second-order valence-corrected chi connectivity index (χ2v) is 5.44. The Bertz CT molecular complexity index is 664. The minimum atomic E-state index is -1.29. The Balaban J connectivity index is 1.75. The average Bonchev–Trinajstić information content (AvgIpc) is 3.08. The number of Topliss-reactive ketones (excluding diaryl/α,β-unsaturated/α-hetero) is 1. The van der Waals surface area contributed by atoms with E-state index in [-0.39, 0.29) is 5.78 Å². The Hall–Kier alpha value is -2.47. The van der Waals surface area contributed by atoms with Crippen LogP contribution < -0.4 is 10.4 Å². The number of ketones is 1. The number of hydrogen-bond donors (Lipinski definition) is 1. The first-order valence-electron chi connectivity index (χ1n) is 6.94. The zero-order valence-corrected chi connectivity index (χ0v) is 11.8. The van der Waals surface area contributed by atoms with Crippen LogP contribution in [0.4, 0.5) is 5.69 Å². The molecule has 2 aliphatic rings. The maximum Gasteiger partial charge on any atom is 0.231 e. The Morgan fingerprint density at radius 1 is 1.05 bits per heavy atom. The smallest absolute Gasteiger partial charge is 0.231 e. The van der Waals surface area contributed by atoms with E-state index < -0.39 is 35.9 Å². The molecule has 2 heterocycles. The Labute approximate surface area is 126 Å². The summed E-state index contributed by atoms with van der Waals surface area (Å²) >= 11 is 0. The number of carboxylic acids is 1. The molecule has 22 heavy (non-hydrogen) atoms. The second-order valence-electron chi connectivity index (χ2n) is 5.44. The molecule has 1 amide bonds. The van der Waals surface area contributed by atoms with Crippen molar-refractivity contribution in [2.24, 2.45) is 11.8 Å². The average molecular weight is 300 g/mol. The first-order valence-corrected chi connectivity index (χ1v) is 6.94. The lowest BCUT2D eigenvalue weighted by atomic mass is 9.82. The quantitative estimate of drug-likeness (QED) is 0.630. The number of carboxylic acid groups (broad SMARTS) is 1. The SMILES string of the molecule is CC(=O)c1ccc(NC(=O)[C@H]2[C@@H](C(=O)[O-])[C@H]3C=C[C@@H]2O3)cc1. The third-order valence-corrected chi connectivity index (χ3v) is 4.03. The van der Waals surface area contributed by atoms with Crippen molar-refractivity contribution >= 4 is 23.3 Å². The number of benzene rings is 1. The number of fused-ring (bicyclic) bond motifs is 2. The van der Waals surface area contributed by atoms with Gasteiger partial charge in [0.05, 0.1) is 18.1 Å². The monoisotopic (exact) mass is 300 g/mol. The molecule has 1 aromatic rings. The van der Waals surface area contributed by atoms with Crippen molar-refractivity contribution in [1.82, 2.24) is 0 Å². The maximum absolute atomic E-state index is 12.4. The molecule has 1 N–H and O–H groups in total. The lowest BCUT2D eigenvalue weighted by Gasteiger charge is -2.24. The molecule has 0 unspecified atom stereocenters. The van der Waals surface area contributed by atoms with Crippen LogP contribution in [0.3, 0.4) is 0 Å². The van der Waals surface area contributed by atoms with Crippen molar-refractivity contribution in [3.63, 3.8) is 0 Å². The highest BCUT2D eigenvalue weighted by molar-refractivity contribution is 5.98. The second kappa shape index (κ2) is 5.38. The molecule has 0 radical (unpaired) electrons. The van der Waals surface area contributed by atoms with Gasteiger partial charge in [-0.05, 0) is 31.2 Å². The number of aliphatic carboxylic acids is 1. The van der Waals surface area contributed by atoms with E-state index in [1.54, 1.807) is 36.4 Å². The molecule has 2 bridgehead atoms. The van der Waals surface area contributed by atoms with Crippen LogP contribution in [0.5, 0.6) is 0 Å². The van der Waals surface area contributed by atoms with Gasteiger partial charge in [0, 0.05) is 23.1 Å². The first-order chi connectivity index (χ1) is 10.5. The van der Waals surface area contributed by atoms with Gasteiger partial charge in [0.15, 0.2) is 5.78 Å². The molecular formula is C16H14NO5-. The predicted octanol–water partition coefficient (Wildman–Crippen LogP) is 0.147. The number of rotatable bonds is 4. The van der Waals surface area contributed by atoms with Crippen LogP contribution in [-0.2, 0) is 14.3 Å². The highest BCUT2D eigenvalue weighted by Gasteiger charge is 2.50. The number of ether oxygens (including phenoxy) is 1. The Morgan fingerprint density at radius 3 is 2.18 bits per heavy atom. The third-order valence-electron chi connectivity index (χ3n) is 4.03. The summed E-state index contributed by atoms with van der Waals surface area (Å²) in [5.41, 5.74) is 1.04. The van der Waals surface area contributed by atoms with Gasteiger partial charge in [-0.25, -0.2) is 0 Å². The van der Waals surface area contributed by atoms with E-state index in [0.29, 0.717) is 11.3 Å². The van der Waals surface area contributed by atoms with Gasteiger partial charge in [-0.15, -0.1) is 0 Å². The minimum absolute atomic E-state index is 0.0680. The van der Waals surface area contributed by atoms with Gasteiger partial charge in [0.1, 0.15) is 0 Å². The van der Waals surface area contributed by atoms with Gasteiger partial charge in [-0.2, -0.15) is 0 Å². The van der Waals surface area contributed by atoms with Gasteiger partial charge in [-0.3, -0.25) is 9.59 Å². The molecule has 0 saturated carbocycles. The van der Waals surface area contributed by atoms with E-state index >= 15 is 0 Å². The fourth-order valence-electron chi connectivity index (χ4n) is 2.92. The molecule has 1 aromatic carbocycles. The maximum atomic E-state index is 12.4. The van der Waals surface area contributed by atoms with E-state index in [1.165, 1.54) is 6.92 Å². The summed E-state index contributed by atoms with van der Waals surface area (Å²) in [4.78, 5) is 34.8. The lowest BCUT2D eigenvalue weighted by molar-refractivity contribution is -0.313. The van der Waals surface area contributed by atoms with E-state index in [2.05, 4.69) is 5.32 Å². The van der Waals surface area contributed by atoms with Gasteiger partial charge in [0.2, 0.25) is 5.91 Å². The number of nitrogens with one attached hydrogen (secondary N) is 1. The Morgan fingerprint density at radius 2 is 1.64 bits per heavy atom. The number of carbonyl (C=O) groups excluding carboxylic acids is 3. The molecular weight excluding hydrogens is 286 g/mol. The molecule has 0 aliphatic carbocycles. The number of amides is 1. The molecule has 6 nitrogen and oxygen atoms in total. The van der Waals surface area contributed by atoms with E-state index in [0.717, 1.165) is 0 Å². The fraction of sp³-hybridized carbons (Fsp3) is 0.312. The van der Waals surface area contributed by atoms with E-state index in [4.69, 9.17) is 4.74 Å². The lowest BCUT2D eigenvalue weighted by Crippen LogP contribution is -2.45. The van der Waals surface area contributed by atoms with Crippen LogP contribution in [0.15, 0.2) is 36.4 Å². The van der Waals surface area contributed by atoms with E-state index in [9.17, 15) is 19.5 Å². The van der Waals surface area contributed by atoms with Crippen molar-refractivity contribution in [2.45, 2.75) is 19.1 Å². The first kappa shape index (κ1) is 14.5. The van der Waals surface area contributed by atoms with E-state index in [1.807, 2.05) is 0 Å². The number of hydrogen-bond acceptors (Lipinski definition) is 5. The highest BCUT2D eigenvalue weighted by atomic mass is 16.5. The topological polar surface area (TPSA) is 95.5 Å². The van der Waals surface area contributed by atoms with Crippen LogP contribution in [0.2, 0.25) is 0 Å². The minimum Gasteiger partial charge on any atom is -0.550 e. The zero-order valence-electron chi connectivity index (χ0n) is 11.8. The zero-order chi connectivity index (χ0) is 15.9. The summed E-state index contributed by atoms with van der Waals surface area (Å²) in [6.07, 6.45) is 2.21. The molecule has 2 aliphatic heterocycles.